The molecule has 2 heterocycles. The van der Waals surface area contributed by atoms with Gasteiger partial charge in [-0.1, -0.05) is 39.8 Å². The highest BCUT2D eigenvalue weighted by Gasteiger charge is 2.28. The van der Waals surface area contributed by atoms with Crippen molar-refractivity contribution in [2.75, 3.05) is 18.7 Å². The molecule has 0 atom stereocenters. The van der Waals surface area contributed by atoms with Crippen LogP contribution >= 0.6 is 27.7 Å². The molecule has 0 saturated carbocycles. The smallest absolute Gasteiger partial charge is 0.307 e. The molecule has 0 aliphatic carbocycles. The third-order valence-corrected chi connectivity index (χ3v) is 6.21. The van der Waals surface area contributed by atoms with Crippen LogP contribution < -0.4 is 25.9 Å². The first-order valence-electron chi connectivity index (χ1n) is 9.75. The number of carbonyl (C=O) groups is 1. The van der Waals surface area contributed by atoms with Crippen LogP contribution in [0.3, 0.4) is 0 Å². The number of nitrogen functional groups attached to an aromatic ring is 1. The molecule has 11 nitrogen and oxygen atoms in total. The van der Waals surface area contributed by atoms with Crippen molar-refractivity contribution in [3.63, 3.8) is 0 Å². The number of rotatable bonds is 8. The van der Waals surface area contributed by atoms with Crippen molar-refractivity contribution in [2.45, 2.75) is 11.6 Å². The normalized spacial score (nSPS) is 10.9. The number of hydrogen-bond donors (Lipinski definition) is 1. The van der Waals surface area contributed by atoms with Crippen LogP contribution in [0.5, 0.6) is 11.7 Å². The SMILES string of the molecule is COc1ccc(-[n+]2noc([O-])c2C(=O)CSc2nnc(Cc3ccc(Br)cc3)c(=O)n2N)cc1. The first-order valence-corrected chi connectivity index (χ1v) is 11.5. The van der Waals surface area contributed by atoms with Gasteiger partial charge in [-0.2, -0.15) is 4.68 Å². The fourth-order valence-corrected chi connectivity index (χ4v) is 3.99. The summed E-state index contributed by atoms with van der Waals surface area (Å²) in [4.78, 5) is 25.4. The van der Waals surface area contributed by atoms with E-state index in [9.17, 15) is 14.7 Å². The lowest BCUT2D eigenvalue weighted by Crippen LogP contribution is -2.39. The van der Waals surface area contributed by atoms with Gasteiger partial charge >= 0.3 is 5.69 Å². The summed E-state index contributed by atoms with van der Waals surface area (Å²) in [6.45, 7) is 0. The van der Waals surface area contributed by atoms with Crippen LogP contribution in [0.25, 0.3) is 5.69 Å². The summed E-state index contributed by atoms with van der Waals surface area (Å²) in [7, 11) is 1.52. The van der Waals surface area contributed by atoms with Crippen molar-refractivity contribution in [1.82, 2.24) is 20.1 Å². The molecule has 4 aromatic rings. The van der Waals surface area contributed by atoms with E-state index in [4.69, 9.17) is 10.6 Å². The Bertz CT molecular complexity index is 1390. The standard InChI is InChI=1S/C21H17BrN6O5S/c1-32-15-8-6-14(7-9-15)28-18(20(31)33-26-28)17(29)11-34-21-25-24-16(19(30)27(21)23)10-12-2-4-13(22)5-3-12/h2-9H,10-11,23H2,1H3. The summed E-state index contributed by atoms with van der Waals surface area (Å²) in [6, 6.07) is 14.0. The zero-order valence-electron chi connectivity index (χ0n) is 17.7. The number of Topliss-reactive ketones (excluding diaryl/α,β-unsaturated/α-hetero) is 1. The van der Waals surface area contributed by atoms with Gasteiger partial charge in [0, 0.05) is 23.0 Å². The minimum Gasteiger partial charge on any atom is -0.539 e. The summed E-state index contributed by atoms with van der Waals surface area (Å²) in [5.41, 5.74) is 0.661. The first kappa shape index (κ1) is 23.4. The van der Waals surface area contributed by atoms with E-state index in [-0.39, 0.29) is 28.7 Å². The van der Waals surface area contributed by atoms with Crippen LogP contribution in [0.4, 0.5) is 0 Å². The second kappa shape index (κ2) is 10.1. The molecular weight excluding hydrogens is 528 g/mol. The molecule has 0 unspecified atom stereocenters. The molecule has 174 valence electrons. The molecule has 0 bridgehead atoms. The maximum absolute atomic E-state index is 12.8. The molecular formula is C21H17BrN6O5S. The molecule has 0 aliphatic rings. The average molecular weight is 545 g/mol. The molecule has 2 aromatic carbocycles. The number of thioether (sulfide) groups is 1. The zero-order valence-corrected chi connectivity index (χ0v) is 20.1. The Morgan fingerprint density at radius 2 is 1.91 bits per heavy atom. The van der Waals surface area contributed by atoms with Crippen LogP contribution in [0.2, 0.25) is 0 Å². The summed E-state index contributed by atoms with van der Waals surface area (Å²) in [5, 5.41) is 23.8. The summed E-state index contributed by atoms with van der Waals surface area (Å²) in [5.74, 6) is 4.78. The molecule has 0 aliphatic heterocycles. The van der Waals surface area contributed by atoms with E-state index in [0.29, 0.717) is 11.4 Å². The number of nitrogens with zero attached hydrogens (tertiary/aromatic N) is 5. The highest BCUT2D eigenvalue weighted by atomic mass is 79.9. The molecule has 0 fully saturated rings. The number of ketones is 1. The van der Waals surface area contributed by atoms with E-state index in [0.717, 1.165) is 31.2 Å². The Labute approximate surface area is 205 Å². The number of benzene rings is 2. The van der Waals surface area contributed by atoms with Crippen LogP contribution in [0, 0.1) is 0 Å². The molecule has 4 rings (SSSR count). The average Bonchev–Trinajstić information content (AvgIpc) is 3.24. The Morgan fingerprint density at radius 3 is 2.59 bits per heavy atom. The van der Waals surface area contributed by atoms with E-state index in [2.05, 4.69) is 35.9 Å². The van der Waals surface area contributed by atoms with Crippen molar-refractivity contribution >= 4 is 33.5 Å². The number of carbonyl (C=O) groups excluding carboxylic acids is 1. The number of hydrogen-bond acceptors (Lipinski definition) is 10. The lowest BCUT2D eigenvalue weighted by Gasteiger charge is -2.07. The molecule has 34 heavy (non-hydrogen) atoms. The minimum atomic E-state index is -0.887. The third kappa shape index (κ3) is 4.94. The number of nitrogens with two attached hydrogens (primary N) is 1. The number of halogens is 1. The van der Waals surface area contributed by atoms with Gasteiger partial charge in [-0.15, -0.1) is 10.2 Å². The molecule has 0 radical (unpaired) electrons. The minimum absolute atomic E-state index is 0.0257. The van der Waals surface area contributed by atoms with Gasteiger partial charge in [-0.3, -0.25) is 9.59 Å². The lowest BCUT2D eigenvalue weighted by atomic mass is 10.1. The summed E-state index contributed by atoms with van der Waals surface area (Å²) >= 11 is 4.23. The van der Waals surface area contributed by atoms with Crippen LogP contribution in [0.1, 0.15) is 21.7 Å². The van der Waals surface area contributed by atoms with E-state index in [1.807, 2.05) is 24.3 Å². The Kier molecular flexibility index (Phi) is 6.93. The maximum Gasteiger partial charge on any atom is 0.307 e. The number of aromatic nitrogens is 5. The van der Waals surface area contributed by atoms with Crippen molar-refractivity contribution in [2.24, 2.45) is 0 Å². The highest BCUT2D eigenvalue weighted by molar-refractivity contribution is 9.10. The second-order valence-electron chi connectivity index (χ2n) is 6.94. The van der Waals surface area contributed by atoms with E-state index in [1.54, 1.807) is 24.3 Å². The van der Waals surface area contributed by atoms with Crippen molar-refractivity contribution in [3.8, 4) is 17.4 Å². The van der Waals surface area contributed by atoms with Gasteiger partial charge < -0.3 is 20.2 Å². The Hall–Kier alpha value is -3.71. The Balaban J connectivity index is 1.50. The molecule has 0 spiro atoms. The number of methoxy groups -OCH3 is 1. The highest BCUT2D eigenvalue weighted by Crippen LogP contribution is 2.19. The van der Waals surface area contributed by atoms with Crippen molar-refractivity contribution in [1.29, 1.82) is 0 Å². The zero-order chi connectivity index (χ0) is 24.2. The molecule has 2 N–H and O–H groups in total. The lowest BCUT2D eigenvalue weighted by molar-refractivity contribution is -0.672. The maximum atomic E-state index is 12.8. The molecule has 2 aromatic heterocycles. The van der Waals surface area contributed by atoms with E-state index in [1.165, 1.54) is 7.11 Å². The monoisotopic (exact) mass is 544 g/mol. The largest absolute Gasteiger partial charge is 0.539 e. The number of ether oxygens (including phenoxy) is 1. The topological polar surface area (TPSA) is 153 Å². The Morgan fingerprint density at radius 1 is 1.21 bits per heavy atom. The van der Waals surface area contributed by atoms with Gasteiger partial charge in [0.1, 0.15) is 11.4 Å². The predicted octanol–water partition coefficient (Wildman–Crippen LogP) is 1.03. The predicted molar refractivity (Wildman–Crippen MR) is 122 cm³/mol. The molecule has 0 amide bonds. The van der Waals surface area contributed by atoms with E-state index >= 15 is 0 Å². The second-order valence-corrected chi connectivity index (χ2v) is 8.80. The van der Waals surface area contributed by atoms with Gasteiger partial charge in [0.05, 0.1) is 18.1 Å². The van der Waals surface area contributed by atoms with Gasteiger partial charge in [0.2, 0.25) is 16.6 Å². The summed E-state index contributed by atoms with van der Waals surface area (Å²) in [6.07, 6.45) is 0.252. The fraction of sp³-hybridized carbons (Fsp3) is 0.143. The fourth-order valence-electron chi connectivity index (χ4n) is 3.00. The summed E-state index contributed by atoms with van der Waals surface area (Å²) < 4.78 is 12.6. The van der Waals surface area contributed by atoms with Crippen LogP contribution in [-0.4, -0.2) is 38.8 Å². The van der Waals surface area contributed by atoms with Gasteiger partial charge in [-0.25, -0.2) is 0 Å². The quantitative estimate of drug-likeness (QED) is 0.147. The van der Waals surface area contributed by atoms with Crippen LogP contribution in [-0.2, 0) is 6.42 Å². The van der Waals surface area contributed by atoms with Gasteiger partial charge in [-0.05, 0) is 34.5 Å². The van der Waals surface area contributed by atoms with Crippen LogP contribution in [0.15, 0.2) is 67.5 Å². The van der Waals surface area contributed by atoms with Gasteiger partial charge in [0.15, 0.2) is 5.95 Å². The van der Waals surface area contributed by atoms with E-state index < -0.39 is 17.3 Å². The van der Waals surface area contributed by atoms with Crippen molar-refractivity contribution < 1.29 is 23.8 Å². The molecule has 0 saturated heterocycles. The molecule has 13 heteroatoms. The van der Waals surface area contributed by atoms with Crippen molar-refractivity contribution in [3.05, 3.63) is 80.3 Å². The first-order chi connectivity index (χ1) is 16.4. The third-order valence-electron chi connectivity index (χ3n) is 4.74. The van der Waals surface area contributed by atoms with Gasteiger partial charge in [0.25, 0.3) is 5.56 Å².